The van der Waals surface area contributed by atoms with Gasteiger partial charge in [0, 0.05) is 31.7 Å². The van der Waals surface area contributed by atoms with Crippen molar-refractivity contribution in [3.63, 3.8) is 0 Å². The summed E-state index contributed by atoms with van der Waals surface area (Å²) in [5, 5.41) is 5.57. The summed E-state index contributed by atoms with van der Waals surface area (Å²) >= 11 is 0. The standard InChI is InChI=1S/C16H23N3O4S/c1-3-24(22,23)15-6-4-13(5-7-15)17-16(21)18-14-8-10-19(11-9-14)12(2)20/h4-7,14H,3,8-11H2,1-2H3,(H2,17,18,21). The molecule has 3 amide bonds. The molecule has 0 atom stereocenters. The molecule has 0 bridgehead atoms. The van der Waals surface area contributed by atoms with E-state index in [1.807, 2.05) is 0 Å². The number of piperidine rings is 1. The van der Waals surface area contributed by atoms with Crippen LogP contribution < -0.4 is 10.6 Å². The van der Waals surface area contributed by atoms with Crippen LogP contribution in [0.25, 0.3) is 0 Å². The number of amides is 3. The molecule has 7 nitrogen and oxygen atoms in total. The monoisotopic (exact) mass is 353 g/mol. The van der Waals surface area contributed by atoms with Gasteiger partial charge in [-0.05, 0) is 37.1 Å². The van der Waals surface area contributed by atoms with Crippen LogP contribution in [0.15, 0.2) is 29.2 Å². The zero-order chi connectivity index (χ0) is 17.7. The molecule has 0 spiro atoms. The largest absolute Gasteiger partial charge is 0.343 e. The van der Waals surface area contributed by atoms with Crippen LogP contribution in [0.4, 0.5) is 10.5 Å². The average molecular weight is 353 g/mol. The SMILES string of the molecule is CCS(=O)(=O)c1ccc(NC(=O)NC2CCN(C(C)=O)CC2)cc1. The van der Waals surface area contributed by atoms with Gasteiger partial charge in [-0.25, -0.2) is 13.2 Å². The zero-order valence-corrected chi connectivity index (χ0v) is 14.7. The lowest BCUT2D eigenvalue weighted by Crippen LogP contribution is -2.47. The first kappa shape index (κ1) is 18.3. The molecule has 8 heteroatoms. The fraction of sp³-hybridized carbons (Fsp3) is 0.500. The fourth-order valence-corrected chi connectivity index (χ4v) is 3.49. The lowest BCUT2D eigenvalue weighted by molar-refractivity contribution is -0.129. The normalized spacial score (nSPS) is 15.8. The number of carbonyl (C=O) groups excluding carboxylic acids is 2. The molecule has 0 radical (unpaired) electrons. The van der Waals surface area contributed by atoms with Crippen molar-refractivity contribution >= 4 is 27.5 Å². The van der Waals surface area contributed by atoms with Crippen molar-refractivity contribution in [1.29, 1.82) is 0 Å². The molecule has 1 aliphatic heterocycles. The van der Waals surface area contributed by atoms with Crippen LogP contribution in [0.1, 0.15) is 26.7 Å². The summed E-state index contributed by atoms with van der Waals surface area (Å²) in [7, 11) is -3.24. The molecule has 0 unspecified atom stereocenters. The molecule has 1 aromatic carbocycles. The van der Waals surface area contributed by atoms with E-state index in [2.05, 4.69) is 10.6 Å². The number of nitrogens with zero attached hydrogens (tertiary/aromatic N) is 1. The molecule has 1 fully saturated rings. The topological polar surface area (TPSA) is 95.6 Å². The van der Waals surface area contributed by atoms with Gasteiger partial charge >= 0.3 is 6.03 Å². The Balaban J connectivity index is 1.86. The van der Waals surface area contributed by atoms with Gasteiger partial charge in [-0.15, -0.1) is 0 Å². The molecule has 1 aromatic rings. The van der Waals surface area contributed by atoms with Gasteiger partial charge in [0.25, 0.3) is 0 Å². The number of carbonyl (C=O) groups is 2. The minimum absolute atomic E-state index is 0.0281. The van der Waals surface area contributed by atoms with Gasteiger partial charge in [0.2, 0.25) is 5.91 Å². The Hall–Kier alpha value is -2.09. The third-order valence-electron chi connectivity index (χ3n) is 4.13. The predicted octanol–water partition coefficient (Wildman–Crippen LogP) is 1.61. The fourth-order valence-electron chi connectivity index (χ4n) is 2.60. The Kier molecular flexibility index (Phi) is 5.82. The Labute approximate surface area is 142 Å². The highest BCUT2D eigenvalue weighted by atomic mass is 32.2. The second-order valence-electron chi connectivity index (χ2n) is 5.81. The zero-order valence-electron chi connectivity index (χ0n) is 13.9. The Morgan fingerprint density at radius 2 is 1.75 bits per heavy atom. The van der Waals surface area contributed by atoms with Crippen molar-refractivity contribution in [3.05, 3.63) is 24.3 Å². The van der Waals surface area contributed by atoms with Crippen LogP contribution in [-0.4, -0.2) is 50.1 Å². The Morgan fingerprint density at radius 1 is 1.17 bits per heavy atom. The number of sulfone groups is 1. The van der Waals surface area contributed by atoms with Crippen molar-refractivity contribution in [1.82, 2.24) is 10.2 Å². The molecule has 0 aliphatic carbocycles. The van der Waals surface area contributed by atoms with Crippen LogP contribution in [0.2, 0.25) is 0 Å². The molecule has 2 rings (SSSR count). The molecule has 0 aromatic heterocycles. The molecular weight excluding hydrogens is 330 g/mol. The molecule has 132 valence electrons. The van der Waals surface area contributed by atoms with Crippen molar-refractivity contribution in [3.8, 4) is 0 Å². The van der Waals surface area contributed by atoms with E-state index >= 15 is 0 Å². The van der Waals surface area contributed by atoms with E-state index in [4.69, 9.17) is 0 Å². The van der Waals surface area contributed by atoms with Gasteiger partial charge < -0.3 is 15.5 Å². The molecule has 24 heavy (non-hydrogen) atoms. The summed E-state index contributed by atoms with van der Waals surface area (Å²) in [5.41, 5.74) is 0.531. The second-order valence-corrected chi connectivity index (χ2v) is 8.08. The summed E-state index contributed by atoms with van der Waals surface area (Å²) < 4.78 is 23.5. The van der Waals surface area contributed by atoms with Gasteiger partial charge in [-0.3, -0.25) is 4.79 Å². The third-order valence-corrected chi connectivity index (χ3v) is 5.88. The van der Waals surface area contributed by atoms with Crippen LogP contribution in [0, 0.1) is 0 Å². The van der Waals surface area contributed by atoms with Gasteiger partial charge in [0.1, 0.15) is 0 Å². The maximum Gasteiger partial charge on any atom is 0.319 e. The molecule has 0 saturated carbocycles. The number of anilines is 1. The van der Waals surface area contributed by atoms with E-state index in [0.717, 1.165) is 12.8 Å². The summed E-state index contributed by atoms with van der Waals surface area (Å²) in [6, 6.07) is 5.81. The van der Waals surface area contributed by atoms with Gasteiger partial charge in [-0.1, -0.05) is 6.92 Å². The van der Waals surface area contributed by atoms with E-state index in [1.54, 1.807) is 30.9 Å². The molecule has 2 N–H and O–H groups in total. The first-order chi connectivity index (χ1) is 11.3. The Morgan fingerprint density at radius 3 is 2.25 bits per heavy atom. The Bertz CT molecular complexity index is 693. The third kappa shape index (κ3) is 4.70. The minimum Gasteiger partial charge on any atom is -0.343 e. The van der Waals surface area contributed by atoms with Crippen LogP contribution in [0.3, 0.4) is 0 Å². The predicted molar refractivity (Wildman–Crippen MR) is 91.6 cm³/mol. The van der Waals surface area contributed by atoms with Gasteiger partial charge in [0.15, 0.2) is 9.84 Å². The van der Waals surface area contributed by atoms with Crippen molar-refractivity contribution in [2.45, 2.75) is 37.6 Å². The number of urea groups is 1. The minimum atomic E-state index is -3.24. The highest BCUT2D eigenvalue weighted by molar-refractivity contribution is 7.91. The maximum absolute atomic E-state index is 12.0. The van der Waals surface area contributed by atoms with Crippen LogP contribution in [-0.2, 0) is 14.6 Å². The second kappa shape index (κ2) is 7.65. The first-order valence-electron chi connectivity index (χ1n) is 7.97. The number of likely N-dealkylation sites (tertiary alicyclic amines) is 1. The molecular formula is C16H23N3O4S. The maximum atomic E-state index is 12.0. The number of nitrogens with one attached hydrogen (secondary N) is 2. The van der Waals surface area contributed by atoms with Crippen molar-refractivity contribution in [2.24, 2.45) is 0 Å². The van der Waals surface area contributed by atoms with E-state index < -0.39 is 9.84 Å². The van der Waals surface area contributed by atoms with Crippen molar-refractivity contribution < 1.29 is 18.0 Å². The quantitative estimate of drug-likeness (QED) is 0.860. The summed E-state index contributed by atoms with van der Waals surface area (Å²) in [4.78, 5) is 25.3. The average Bonchev–Trinajstić information content (AvgIpc) is 2.55. The molecule has 1 saturated heterocycles. The lowest BCUT2D eigenvalue weighted by Gasteiger charge is -2.31. The number of benzene rings is 1. The van der Waals surface area contributed by atoms with E-state index in [9.17, 15) is 18.0 Å². The van der Waals surface area contributed by atoms with Gasteiger partial charge in [0.05, 0.1) is 10.6 Å². The van der Waals surface area contributed by atoms with Crippen LogP contribution >= 0.6 is 0 Å². The van der Waals surface area contributed by atoms with E-state index in [-0.39, 0.29) is 28.6 Å². The summed E-state index contributed by atoms with van der Waals surface area (Å²) in [6.45, 7) is 4.42. The summed E-state index contributed by atoms with van der Waals surface area (Å²) in [5.74, 6) is 0.0965. The smallest absolute Gasteiger partial charge is 0.319 e. The highest BCUT2D eigenvalue weighted by Gasteiger charge is 2.22. The molecule has 1 aliphatic rings. The number of hydrogen-bond acceptors (Lipinski definition) is 4. The number of rotatable bonds is 4. The molecule has 1 heterocycles. The van der Waals surface area contributed by atoms with Gasteiger partial charge in [-0.2, -0.15) is 0 Å². The number of hydrogen-bond donors (Lipinski definition) is 2. The van der Waals surface area contributed by atoms with Crippen molar-refractivity contribution in [2.75, 3.05) is 24.2 Å². The lowest BCUT2D eigenvalue weighted by atomic mass is 10.1. The summed E-state index contributed by atoms with van der Waals surface area (Å²) in [6.07, 6.45) is 1.45. The van der Waals surface area contributed by atoms with E-state index in [0.29, 0.717) is 18.8 Å². The van der Waals surface area contributed by atoms with Crippen LogP contribution in [0.5, 0.6) is 0 Å². The first-order valence-corrected chi connectivity index (χ1v) is 9.63. The highest BCUT2D eigenvalue weighted by Crippen LogP contribution is 2.16. The van der Waals surface area contributed by atoms with E-state index in [1.165, 1.54) is 12.1 Å².